The van der Waals surface area contributed by atoms with Gasteiger partial charge in [-0.1, -0.05) is 6.07 Å². The maximum Gasteiger partial charge on any atom is 0.494 e. The molecule has 1 heterocycles. The summed E-state index contributed by atoms with van der Waals surface area (Å²) in [6, 6.07) is 6.70. The minimum absolute atomic E-state index is 0.271. The van der Waals surface area contributed by atoms with Crippen LogP contribution in [0.5, 0.6) is 0 Å². The van der Waals surface area contributed by atoms with Crippen molar-refractivity contribution in [3.63, 3.8) is 0 Å². The van der Waals surface area contributed by atoms with Crippen molar-refractivity contribution in [1.29, 1.82) is 10.7 Å². The zero-order valence-electron chi connectivity index (χ0n) is 14.6. The van der Waals surface area contributed by atoms with E-state index >= 15 is 0 Å². The minimum Gasteiger partial charge on any atom is -0.399 e. The maximum atomic E-state index is 11.4. The second kappa shape index (κ2) is 6.66. The average Bonchev–Trinajstić information content (AvgIpc) is 2.75. The number of nitrogens with zero attached hydrogens (tertiary/aromatic N) is 2. The van der Waals surface area contributed by atoms with Gasteiger partial charge >= 0.3 is 7.12 Å². The summed E-state index contributed by atoms with van der Waals surface area (Å²) < 4.78 is 11.9. The molecule has 1 aliphatic rings. The average molecular weight is 341 g/mol. The first-order valence-electron chi connectivity index (χ1n) is 7.64. The largest absolute Gasteiger partial charge is 0.494 e. The predicted octanol–water partition coefficient (Wildman–Crippen LogP) is 1.03. The van der Waals surface area contributed by atoms with Gasteiger partial charge in [-0.3, -0.25) is 15.6 Å². The molecule has 0 aromatic heterocycles. The molecule has 1 aromatic carbocycles. The molecular formula is C16H20BN5O3. The second-order valence-corrected chi connectivity index (χ2v) is 6.65. The van der Waals surface area contributed by atoms with E-state index in [0.717, 1.165) is 0 Å². The van der Waals surface area contributed by atoms with Crippen molar-refractivity contribution in [2.75, 3.05) is 5.43 Å². The van der Waals surface area contributed by atoms with Crippen molar-refractivity contribution in [1.82, 2.24) is 0 Å². The molecule has 0 spiro atoms. The highest BCUT2D eigenvalue weighted by Gasteiger charge is 2.51. The van der Waals surface area contributed by atoms with Crippen molar-refractivity contribution in [2.45, 2.75) is 38.9 Å². The molecule has 1 aliphatic heterocycles. The Labute approximate surface area is 146 Å². The second-order valence-electron chi connectivity index (χ2n) is 6.65. The number of hydrazone groups is 1. The predicted molar refractivity (Wildman–Crippen MR) is 96.1 cm³/mol. The Hall–Kier alpha value is -2.70. The van der Waals surface area contributed by atoms with Crippen LogP contribution in [0, 0.1) is 16.7 Å². The molecule has 0 bridgehead atoms. The number of carbonyl (C=O) groups excluding carboxylic acids is 1. The molecule has 4 N–H and O–H groups in total. The van der Waals surface area contributed by atoms with E-state index in [9.17, 15) is 4.79 Å². The fourth-order valence-electron chi connectivity index (χ4n) is 2.17. The number of rotatable bonds is 5. The number of amidine groups is 1. The lowest BCUT2D eigenvalue weighted by atomic mass is 9.78. The van der Waals surface area contributed by atoms with Crippen LogP contribution in [0.15, 0.2) is 23.3 Å². The number of anilines is 1. The van der Waals surface area contributed by atoms with Gasteiger partial charge in [-0.25, -0.2) is 0 Å². The van der Waals surface area contributed by atoms with Gasteiger partial charge in [-0.05, 0) is 45.3 Å². The topological polar surface area (TPSA) is 134 Å². The standard InChI is InChI=1S/C16H20BN5O3/c1-15(2)16(3,4)25-17(24-15)11-5-6-12(10(7-11)9-23)21-22-13(8-18)14(19)20/h5-7,9,21H,1-4H3,(H3,19,20)/b22-13+. The summed E-state index contributed by atoms with van der Waals surface area (Å²) >= 11 is 0. The number of benzene rings is 1. The maximum absolute atomic E-state index is 11.4. The van der Waals surface area contributed by atoms with Gasteiger partial charge in [-0.2, -0.15) is 10.4 Å². The smallest absolute Gasteiger partial charge is 0.399 e. The van der Waals surface area contributed by atoms with E-state index in [-0.39, 0.29) is 5.71 Å². The fourth-order valence-corrected chi connectivity index (χ4v) is 2.17. The first-order chi connectivity index (χ1) is 11.6. The van der Waals surface area contributed by atoms with E-state index in [1.54, 1.807) is 24.3 Å². The first kappa shape index (κ1) is 18.6. The third kappa shape index (κ3) is 3.70. The van der Waals surface area contributed by atoms with E-state index in [1.807, 2.05) is 27.7 Å². The Balaban J connectivity index is 2.28. The van der Waals surface area contributed by atoms with Crippen molar-refractivity contribution in [3.8, 4) is 6.07 Å². The van der Waals surface area contributed by atoms with Crippen LogP contribution in [0.1, 0.15) is 38.1 Å². The van der Waals surface area contributed by atoms with Gasteiger partial charge in [0.15, 0.2) is 12.1 Å². The summed E-state index contributed by atoms with van der Waals surface area (Å²) in [5.41, 5.74) is 7.96. The number of hydrogen-bond donors (Lipinski definition) is 3. The van der Waals surface area contributed by atoms with E-state index < -0.39 is 24.2 Å². The van der Waals surface area contributed by atoms with Crippen LogP contribution in [0.4, 0.5) is 5.69 Å². The molecule has 0 saturated carbocycles. The zero-order chi connectivity index (χ0) is 18.8. The lowest BCUT2D eigenvalue weighted by Gasteiger charge is -2.32. The Morgan fingerprint density at radius 1 is 1.36 bits per heavy atom. The van der Waals surface area contributed by atoms with E-state index in [4.69, 9.17) is 25.7 Å². The molecule has 8 nitrogen and oxygen atoms in total. The van der Waals surface area contributed by atoms with Crippen LogP contribution in [-0.4, -0.2) is 36.2 Å². The summed E-state index contributed by atoms with van der Waals surface area (Å²) in [5, 5.41) is 19.8. The molecule has 1 aromatic rings. The third-order valence-corrected chi connectivity index (χ3v) is 4.38. The minimum atomic E-state index is -0.590. The van der Waals surface area contributed by atoms with Crippen molar-refractivity contribution >= 4 is 36.1 Å². The summed E-state index contributed by atoms with van der Waals surface area (Å²) in [6.07, 6.45) is 0.659. The Morgan fingerprint density at radius 3 is 2.44 bits per heavy atom. The van der Waals surface area contributed by atoms with Gasteiger partial charge in [0, 0.05) is 5.56 Å². The van der Waals surface area contributed by atoms with E-state index in [0.29, 0.717) is 23.0 Å². The van der Waals surface area contributed by atoms with Gasteiger partial charge in [0.2, 0.25) is 5.71 Å². The molecule has 0 radical (unpaired) electrons. The fraction of sp³-hybridized carbons (Fsp3) is 0.375. The normalized spacial score (nSPS) is 18.5. The third-order valence-electron chi connectivity index (χ3n) is 4.38. The molecular weight excluding hydrogens is 321 g/mol. The number of nitrogens with one attached hydrogen (secondary N) is 2. The van der Waals surface area contributed by atoms with Gasteiger partial charge in [0.05, 0.1) is 16.9 Å². The first-order valence-corrected chi connectivity index (χ1v) is 7.64. The van der Waals surface area contributed by atoms with Crippen LogP contribution in [0.3, 0.4) is 0 Å². The lowest BCUT2D eigenvalue weighted by Crippen LogP contribution is -2.41. The monoisotopic (exact) mass is 341 g/mol. The molecule has 0 amide bonds. The number of carbonyl (C=O) groups is 1. The van der Waals surface area contributed by atoms with E-state index in [2.05, 4.69) is 10.5 Å². The van der Waals surface area contributed by atoms with Gasteiger partial charge < -0.3 is 15.0 Å². The summed E-state index contributed by atoms with van der Waals surface area (Å²) in [6.45, 7) is 7.79. The Kier molecular flexibility index (Phi) is 4.97. The quantitative estimate of drug-likeness (QED) is 0.241. The van der Waals surface area contributed by atoms with Crippen LogP contribution in [0.25, 0.3) is 0 Å². The number of nitrogens with two attached hydrogens (primary N) is 1. The zero-order valence-corrected chi connectivity index (χ0v) is 14.6. The Morgan fingerprint density at radius 2 is 1.96 bits per heavy atom. The molecule has 0 atom stereocenters. The Bertz CT molecular complexity index is 766. The van der Waals surface area contributed by atoms with Gasteiger partial charge in [0.1, 0.15) is 6.07 Å². The van der Waals surface area contributed by atoms with Gasteiger partial charge in [0.25, 0.3) is 0 Å². The van der Waals surface area contributed by atoms with Crippen molar-refractivity contribution in [3.05, 3.63) is 23.8 Å². The summed E-state index contributed by atoms with van der Waals surface area (Å²) in [5.74, 6) is -0.462. The molecule has 1 saturated heterocycles. The molecule has 0 aliphatic carbocycles. The number of nitriles is 1. The highest BCUT2D eigenvalue weighted by Crippen LogP contribution is 2.36. The number of hydrogen-bond acceptors (Lipinski definition) is 7. The molecule has 130 valence electrons. The van der Waals surface area contributed by atoms with Crippen LogP contribution < -0.4 is 16.6 Å². The molecule has 25 heavy (non-hydrogen) atoms. The van der Waals surface area contributed by atoms with Crippen LogP contribution >= 0.6 is 0 Å². The molecule has 9 heteroatoms. The van der Waals surface area contributed by atoms with Crippen molar-refractivity contribution < 1.29 is 14.1 Å². The summed E-state index contributed by atoms with van der Waals surface area (Å²) in [7, 11) is -0.590. The van der Waals surface area contributed by atoms with Crippen molar-refractivity contribution in [2.24, 2.45) is 10.8 Å². The van der Waals surface area contributed by atoms with Crippen LogP contribution in [-0.2, 0) is 9.31 Å². The summed E-state index contributed by atoms with van der Waals surface area (Å²) in [4.78, 5) is 11.4. The molecule has 2 rings (SSSR count). The van der Waals surface area contributed by atoms with E-state index in [1.165, 1.54) is 0 Å². The van der Waals surface area contributed by atoms with Gasteiger partial charge in [-0.15, -0.1) is 0 Å². The molecule has 0 unspecified atom stereocenters. The highest BCUT2D eigenvalue weighted by molar-refractivity contribution is 6.62. The number of aldehydes is 1. The highest BCUT2D eigenvalue weighted by atomic mass is 16.7. The molecule has 1 fully saturated rings. The van der Waals surface area contributed by atoms with Crippen LogP contribution in [0.2, 0.25) is 0 Å². The SMILES string of the molecule is CC1(C)OB(c2ccc(N/N=C(\C#N)C(=N)N)c(C=O)c2)OC1(C)C. The lowest BCUT2D eigenvalue weighted by molar-refractivity contribution is 0.00578.